The van der Waals surface area contributed by atoms with Gasteiger partial charge in [-0.1, -0.05) is 172 Å². The van der Waals surface area contributed by atoms with E-state index in [-0.39, 0.29) is 10.8 Å². The van der Waals surface area contributed by atoms with Crippen LogP contribution in [0.1, 0.15) is 61.8 Å². The van der Waals surface area contributed by atoms with Gasteiger partial charge in [0.2, 0.25) is 0 Å². The van der Waals surface area contributed by atoms with Crippen molar-refractivity contribution in [3.05, 3.63) is 210 Å². The van der Waals surface area contributed by atoms with E-state index < -0.39 is 0 Å². The minimum absolute atomic E-state index is 0.0932. The molecule has 59 heavy (non-hydrogen) atoms. The Bertz CT molecular complexity index is 2940. The summed E-state index contributed by atoms with van der Waals surface area (Å²) in [5.41, 5.74) is 22.5. The van der Waals surface area contributed by atoms with E-state index in [0.29, 0.717) is 5.92 Å². The molecule has 0 saturated heterocycles. The van der Waals surface area contributed by atoms with Gasteiger partial charge >= 0.3 is 0 Å². The highest BCUT2D eigenvalue weighted by atomic mass is 15.1. The van der Waals surface area contributed by atoms with Crippen LogP contribution in [0.3, 0.4) is 0 Å². The van der Waals surface area contributed by atoms with Crippen molar-refractivity contribution in [2.75, 3.05) is 4.90 Å². The molecule has 0 aromatic heterocycles. The molecule has 284 valence electrons. The molecule has 0 amide bonds. The number of nitrogens with zero attached hydrogens (tertiary/aromatic N) is 1. The van der Waals surface area contributed by atoms with Crippen molar-refractivity contribution in [3.63, 3.8) is 0 Å². The van der Waals surface area contributed by atoms with E-state index in [1.165, 1.54) is 104 Å². The second-order valence-electron chi connectivity index (χ2n) is 18.1. The minimum atomic E-state index is -0.111. The average Bonchev–Trinajstić information content (AvgIpc) is 4.04. The zero-order valence-corrected chi connectivity index (χ0v) is 33.8. The Balaban J connectivity index is 1.07. The molecular weight excluding hydrogens is 711 g/mol. The van der Waals surface area contributed by atoms with Crippen molar-refractivity contribution in [1.29, 1.82) is 0 Å². The molecule has 4 aliphatic carbocycles. The first-order valence-electron chi connectivity index (χ1n) is 21.6. The van der Waals surface area contributed by atoms with Gasteiger partial charge in [-0.15, -0.1) is 0 Å². The van der Waals surface area contributed by atoms with Crippen LogP contribution in [0.2, 0.25) is 0 Å². The molecule has 3 atom stereocenters. The van der Waals surface area contributed by atoms with Crippen molar-refractivity contribution in [2.45, 2.75) is 50.4 Å². The fourth-order valence-electron chi connectivity index (χ4n) is 12.3. The van der Waals surface area contributed by atoms with Gasteiger partial charge in [-0.2, -0.15) is 0 Å². The summed E-state index contributed by atoms with van der Waals surface area (Å²) in [6, 6.07) is 70.9. The smallest absolute Gasteiger partial charge is 0.0468 e. The number of anilines is 3. The Kier molecular flexibility index (Phi) is 7.64. The maximum Gasteiger partial charge on any atom is 0.0468 e. The van der Waals surface area contributed by atoms with Gasteiger partial charge in [0.1, 0.15) is 0 Å². The first kappa shape index (κ1) is 34.6. The Morgan fingerprint density at radius 3 is 1.69 bits per heavy atom. The third-order valence-electron chi connectivity index (χ3n) is 14.7. The number of fused-ring (bicyclic) bond motifs is 11. The van der Waals surface area contributed by atoms with Gasteiger partial charge in [0.25, 0.3) is 0 Å². The fraction of sp³-hybridized carbons (Fsp3) is 0.172. The molecule has 0 N–H and O–H groups in total. The Labute approximate surface area is 348 Å². The molecule has 2 fully saturated rings. The zero-order valence-electron chi connectivity index (χ0n) is 33.8. The highest BCUT2D eigenvalue weighted by Crippen LogP contribution is 2.66. The lowest BCUT2D eigenvalue weighted by atomic mass is 9.67. The van der Waals surface area contributed by atoms with E-state index in [2.05, 4.69) is 207 Å². The molecule has 8 aromatic carbocycles. The van der Waals surface area contributed by atoms with E-state index in [1.54, 1.807) is 5.56 Å². The second kappa shape index (κ2) is 13.0. The molecule has 0 aliphatic heterocycles. The van der Waals surface area contributed by atoms with Crippen LogP contribution < -0.4 is 4.90 Å². The Morgan fingerprint density at radius 1 is 0.407 bits per heavy atom. The Hall–Kier alpha value is -6.44. The molecule has 1 spiro atoms. The van der Waals surface area contributed by atoms with Crippen LogP contribution in [0.4, 0.5) is 17.1 Å². The average molecular weight is 758 g/mol. The number of rotatable bonds is 6. The van der Waals surface area contributed by atoms with Crippen LogP contribution in [0.25, 0.3) is 55.6 Å². The lowest BCUT2D eigenvalue weighted by Gasteiger charge is -2.37. The first-order valence-corrected chi connectivity index (χ1v) is 21.6. The highest BCUT2D eigenvalue weighted by molar-refractivity contribution is 5.93. The molecule has 8 aromatic rings. The second-order valence-corrected chi connectivity index (χ2v) is 18.1. The molecule has 1 heteroatoms. The summed E-state index contributed by atoms with van der Waals surface area (Å²) in [6.45, 7) is 4.79. The maximum absolute atomic E-state index is 2.59. The van der Waals surface area contributed by atoms with Crippen LogP contribution in [0.5, 0.6) is 0 Å². The predicted molar refractivity (Wildman–Crippen MR) is 247 cm³/mol. The van der Waals surface area contributed by atoms with Crippen molar-refractivity contribution in [3.8, 4) is 55.6 Å². The van der Waals surface area contributed by atoms with Crippen LogP contribution in [0.15, 0.2) is 188 Å². The lowest BCUT2D eigenvalue weighted by Crippen LogP contribution is -2.32. The minimum Gasteiger partial charge on any atom is -0.310 e. The van der Waals surface area contributed by atoms with Crippen molar-refractivity contribution in [1.82, 2.24) is 0 Å². The summed E-state index contributed by atoms with van der Waals surface area (Å²) >= 11 is 0. The molecular formula is C58H47N. The van der Waals surface area contributed by atoms with E-state index in [1.807, 2.05) is 0 Å². The van der Waals surface area contributed by atoms with E-state index >= 15 is 0 Å². The molecule has 0 heterocycles. The quantitative estimate of drug-likeness (QED) is 0.163. The number of benzene rings is 8. The van der Waals surface area contributed by atoms with Crippen LogP contribution in [-0.2, 0) is 10.8 Å². The first-order chi connectivity index (χ1) is 29.0. The standard InChI is InChI=1S/C58H47N/c1-57(2)53-25-11-9-22-49(53)51-24-14-23-47(56(51)57)41-19-13-20-43(34-41)59(44-29-31-46(39-15-5-3-6-16-39)52(35-44)40-17-7-4-8-18-40)45-30-32-50-48-21-10-12-26-54(48)58(55(50)36-45)37-38-27-28-42(58)33-38/h3-26,29-32,34-36,38,42H,27-28,33,37H2,1-2H3. The summed E-state index contributed by atoms with van der Waals surface area (Å²) in [5, 5.41) is 0. The normalized spacial score (nSPS) is 20.0. The highest BCUT2D eigenvalue weighted by Gasteiger charge is 2.56. The Morgan fingerprint density at radius 2 is 0.966 bits per heavy atom. The summed E-state index contributed by atoms with van der Waals surface area (Å²) in [7, 11) is 0. The SMILES string of the molecule is CC1(C)c2ccccc2-c2cccc(-c3cccc(N(c4ccc(-c5ccccc5)c(-c5ccccc5)c4)c4ccc5c(c4)C4(CC6CCC4C6)c4ccccc4-5)c3)c21. The zero-order chi connectivity index (χ0) is 39.3. The van der Waals surface area contributed by atoms with Gasteiger partial charge in [-0.3, -0.25) is 0 Å². The van der Waals surface area contributed by atoms with Crippen molar-refractivity contribution in [2.24, 2.45) is 11.8 Å². The van der Waals surface area contributed by atoms with Gasteiger partial charge in [-0.05, 0) is 145 Å². The van der Waals surface area contributed by atoms with Gasteiger partial charge in [0.15, 0.2) is 0 Å². The van der Waals surface area contributed by atoms with Crippen LogP contribution in [0, 0.1) is 11.8 Å². The van der Waals surface area contributed by atoms with E-state index in [9.17, 15) is 0 Å². The molecule has 2 saturated carbocycles. The maximum atomic E-state index is 2.59. The van der Waals surface area contributed by atoms with E-state index in [0.717, 1.165) is 17.3 Å². The monoisotopic (exact) mass is 757 g/mol. The number of hydrogen-bond acceptors (Lipinski definition) is 1. The molecule has 4 aliphatic rings. The summed E-state index contributed by atoms with van der Waals surface area (Å²) in [6.07, 6.45) is 5.33. The fourth-order valence-corrected chi connectivity index (χ4v) is 12.3. The van der Waals surface area contributed by atoms with Gasteiger partial charge in [0, 0.05) is 27.9 Å². The largest absolute Gasteiger partial charge is 0.310 e. The lowest BCUT2D eigenvalue weighted by molar-refractivity contribution is 0.327. The topological polar surface area (TPSA) is 3.24 Å². The molecule has 2 bridgehead atoms. The predicted octanol–water partition coefficient (Wildman–Crippen LogP) is 15.6. The van der Waals surface area contributed by atoms with E-state index in [4.69, 9.17) is 0 Å². The molecule has 1 nitrogen and oxygen atoms in total. The van der Waals surface area contributed by atoms with Crippen LogP contribution in [-0.4, -0.2) is 0 Å². The third-order valence-corrected chi connectivity index (χ3v) is 14.7. The summed E-state index contributed by atoms with van der Waals surface area (Å²) < 4.78 is 0. The number of hydrogen-bond donors (Lipinski definition) is 0. The molecule has 0 radical (unpaired) electrons. The van der Waals surface area contributed by atoms with Gasteiger partial charge < -0.3 is 4.90 Å². The van der Waals surface area contributed by atoms with Crippen molar-refractivity contribution < 1.29 is 0 Å². The van der Waals surface area contributed by atoms with Gasteiger partial charge in [-0.25, -0.2) is 0 Å². The third kappa shape index (κ3) is 5.10. The van der Waals surface area contributed by atoms with Crippen LogP contribution >= 0.6 is 0 Å². The molecule has 12 rings (SSSR count). The summed E-state index contributed by atoms with van der Waals surface area (Å²) in [5.74, 6) is 1.52. The van der Waals surface area contributed by atoms with Crippen molar-refractivity contribution >= 4 is 17.1 Å². The van der Waals surface area contributed by atoms with Gasteiger partial charge in [0.05, 0.1) is 0 Å². The molecule has 3 unspecified atom stereocenters. The summed E-state index contributed by atoms with van der Waals surface area (Å²) in [4.78, 5) is 2.54.